The Morgan fingerprint density at radius 1 is 1.29 bits per heavy atom. The molecule has 0 aromatic rings. The second kappa shape index (κ2) is 5.80. The van der Waals surface area contributed by atoms with Gasteiger partial charge in [-0.3, -0.25) is 0 Å². The van der Waals surface area contributed by atoms with Crippen LogP contribution in [0.5, 0.6) is 0 Å². The van der Waals surface area contributed by atoms with Gasteiger partial charge in [-0.25, -0.2) is 4.72 Å². The first-order chi connectivity index (χ1) is 7.89. The van der Waals surface area contributed by atoms with Crippen molar-refractivity contribution in [2.24, 2.45) is 5.92 Å². The minimum atomic E-state index is -3.57. The highest BCUT2D eigenvalue weighted by molar-refractivity contribution is 7.87. The van der Waals surface area contributed by atoms with E-state index >= 15 is 0 Å². The molecule has 0 spiro atoms. The summed E-state index contributed by atoms with van der Waals surface area (Å²) in [5.41, 5.74) is -0.902. The molecule has 0 bridgehead atoms. The topological polar surface area (TPSA) is 82.0 Å². The quantitative estimate of drug-likeness (QED) is 0.780. The highest BCUT2D eigenvalue weighted by Crippen LogP contribution is 2.27. The number of nitriles is 1. The van der Waals surface area contributed by atoms with Crippen molar-refractivity contribution in [3.8, 4) is 6.07 Å². The predicted molar refractivity (Wildman–Crippen MR) is 66.3 cm³/mol. The zero-order valence-corrected chi connectivity index (χ0v) is 11.3. The summed E-state index contributed by atoms with van der Waals surface area (Å²) >= 11 is 0. The van der Waals surface area contributed by atoms with E-state index in [1.807, 2.05) is 13.8 Å². The fourth-order valence-corrected chi connectivity index (χ4v) is 3.35. The normalized spacial score (nSPS) is 20.1. The standard InChI is InChI=1S/C11H21N3O2S/c1-10(2)8-13-17(15,16)14-11(9-12)6-4-3-5-7-11/h10,13-14H,3-8H2,1-2H3. The number of nitrogens with one attached hydrogen (secondary N) is 2. The van der Waals surface area contributed by atoms with Crippen LogP contribution in [0.4, 0.5) is 0 Å². The molecule has 0 unspecified atom stereocenters. The average Bonchev–Trinajstić information content (AvgIpc) is 2.27. The van der Waals surface area contributed by atoms with E-state index in [0.717, 1.165) is 19.3 Å². The van der Waals surface area contributed by atoms with Crippen molar-refractivity contribution in [3.63, 3.8) is 0 Å². The SMILES string of the molecule is CC(C)CNS(=O)(=O)NC1(C#N)CCCCC1. The van der Waals surface area contributed by atoms with Crippen molar-refractivity contribution < 1.29 is 8.42 Å². The average molecular weight is 259 g/mol. The maximum absolute atomic E-state index is 11.8. The van der Waals surface area contributed by atoms with Gasteiger partial charge < -0.3 is 0 Å². The van der Waals surface area contributed by atoms with E-state index in [1.165, 1.54) is 0 Å². The van der Waals surface area contributed by atoms with Gasteiger partial charge in [-0.1, -0.05) is 33.1 Å². The van der Waals surface area contributed by atoms with Gasteiger partial charge in [0.2, 0.25) is 0 Å². The first kappa shape index (κ1) is 14.4. The molecule has 1 rings (SSSR count). The third-order valence-corrected chi connectivity index (χ3v) is 4.14. The van der Waals surface area contributed by atoms with Crippen LogP contribution in [0.2, 0.25) is 0 Å². The van der Waals surface area contributed by atoms with Gasteiger partial charge in [0.05, 0.1) is 6.07 Å². The summed E-state index contributed by atoms with van der Waals surface area (Å²) in [6.45, 7) is 4.25. The van der Waals surface area contributed by atoms with E-state index in [0.29, 0.717) is 19.4 Å². The van der Waals surface area contributed by atoms with Crippen LogP contribution in [0.25, 0.3) is 0 Å². The fraction of sp³-hybridized carbons (Fsp3) is 0.909. The lowest BCUT2D eigenvalue weighted by molar-refractivity contribution is 0.336. The highest BCUT2D eigenvalue weighted by atomic mass is 32.2. The molecule has 17 heavy (non-hydrogen) atoms. The van der Waals surface area contributed by atoms with Gasteiger partial charge in [0, 0.05) is 6.54 Å². The van der Waals surface area contributed by atoms with Gasteiger partial charge in [-0.2, -0.15) is 18.4 Å². The molecule has 0 heterocycles. The summed E-state index contributed by atoms with van der Waals surface area (Å²) in [7, 11) is -3.57. The van der Waals surface area contributed by atoms with Crippen LogP contribution in [0, 0.1) is 17.2 Å². The van der Waals surface area contributed by atoms with Gasteiger partial charge in [-0.05, 0) is 18.8 Å². The second-order valence-electron chi connectivity index (χ2n) is 5.10. The largest absolute Gasteiger partial charge is 0.278 e. The molecule has 2 N–H and O–H groups in total. The Balaban J connectivity index is 2.64. The maximum Gasteiger partial charge on any atom is 0.278 e. The molecule has 1 aliphatic carbocycles. The van der Waals surface area contributed by atoms with Crippen LogP contribution >= 0.6 is 0 Å². The van der Waals surface area contributed by atoms with Crippen molar-refractivity contribution in [1.29, 1.82) is 5.26 Å². The Kier molecular flexibility index (Phi) is 4.92. The lowest BCUT2D eigenvalue weighted by atomic mass is 9.84. The van der Waals surface area contributed by atoms with Crippen molar-refractivity contribution in [3.05, 3.63) is 0 Å². The molecule has 6 heteroatoms. The van der Waals surface area contributed by atoms with Crippen molar-refractivity contribution >= 4 is 10.2 Å². The van der Waals surface area contributed by atoms with Crippen LogP contribution in [-0.4, -0.2) is 20.5 Å². The van der Waals surface area contributed by atoms with E-state index in [4.69, 9.17) is 0 Å². The van der Waals surface area contributed by atoms with E-state index in [9.17, 15) is 13.7 Å². The summed E-state index contributed by atoms with van der Waals surface area (Å²) in [5.74, 6) is 0.246. The molecule has 0 saturated heterocycles. The number of hydrogen-bond donors (Lipinski definition) is 2. The van der Waals surface area contributed by atoms with Gasteiger partial charge >= 0.3 is 0 Å². The smallest absolute Gasteiger partial charge is 0.202 e. The summed E-state index contributed by atoms with van der Waals surface area (Å²) in [6.07, 6.45) is 4.09. The minimum Gasteiger partial charge on any atom is -0.202 e. The Hall–Kier alpha value is -0.640. The molecule has 0 aromatic heterocycles. The number of hydrogen-bond acceptors (Lipinski definition) is 3. The highest BCUT2D eigenvalue weighted by Gasteiger charge is 2.35. The molecule has 1 fully saturated rings. The zero-order chi connectivity index (χ0) is 12.9. The molecule has 0 amide bonds. The molecule has 1 aliphatic rings. The lowest BCUT2D eigenvalue weighted by Crippen LogP contribution is -2.52. The van der Waals surface area contributed by atoms with Crippen LogP contribution in [0.1, 0.15) is 46.0 Å². The van der Waals surface area contributed by atoms with Crippen molar-refractivity contribution in [1.82, 2.24) is 9.44 Å². The van der Waals surface area contributed by atoms with Crippen LogP contribution in [0.15, 0.2) is 0 Å². The molecular weight excluding hydrogens is 238 g/mol. The van der Waals surface area contributed by atoms with Crippen molar-refractivity contribution in [2.75, 3.05) is 6.54 Å². The first-order valence-electron chi connectivity index (χ1n) is 6.09. The molecule has 0 radical (unpaired) electrons. The predicted octanol–water partition coefficient (Wildman–Crippen LogP) is 1.29. The van der Waals surface area contributed by atoms with Gasteiger partial charge in [0.15, 0.2) is 0 Å². The molecule has 5 nitrogen and oxygen atoms in total. The Morgan fingerprint density at radius 2 is 1.88 bits per heavy atom. The van der Waals surface area contributed by atoms with E-state index in [1.54, 1.807) is 0 Å². The van der Waals surface area contributed by atoms with E-state index in [-0.39, 0.29) is 5.92 Å². The third-order valence-electron chi connectivity index (χ3n) is 2.93. The molecule has 0 atom stereocenters. The zero-order valence-electron chi connectivity index (χ0n) is 10.5. The van der Waals surface area contributed by atoms with Gasteiger partial charge in [0.1, 0.15) is 5.54 Å². The van der Waals surface area contributed by atoms with Crippen LogP contribution in [0.3, 0.4) is 0 Å². The monoisotopic (exact) mass is 259 g/mol. The Labute approximate surface area is 104 Å². The third kappa shape index (κ3) is 4.62. The Bertz CT molecular complexity index is 378. The first-order valence-corrected chi connectivity index (χ1v) is 7.57. The fourth-order valence-electron chi connectivity index (χ4n) is 1.96. The second-order valence-corrected chi connectivity index (χ2v) is 6.60. The van der Waals surface area contributed by atoms with E-state index < -0.39 is 15.7 Å². The van der Waals surface area contributed by atoms with Crippen molar-refractivity contribution in [2.45, 2.75) is 51.5 Å². The van der Waals surface area contributed by atoms with Gasteiger partial charge in [0.25, 0.3) is 10.2 Å². The van der Waals surface area contributed by atoms with Crippen LogP contribution in [-0.2, 0) is 10.2 Å². The molecule has 0 aromatic carbocycles. The van der Waals surface area contributed by atoms with Gasteiger partial charge in [-0.15, -0.1) is 0 Å². The summed E-state index contributed by atoms with van der Waals surface area (Å²) < 4.78 is 28.6. The molecule has 1 saturated carbocycles. The lowest BCUT2D eigenvalue weighted by Gasteiger charge is -2.31. The summed E-state index contributed by atoms with van der Waals surface area (Å²) in [6, 6.07) is 2.13. The molecule has 98 valence electrons. The summed E-state index contributed by atoms with van der Waals surface area (Å²) in [5, 5.41) is 9.18. The number of nitrogens with zero attached hydrogens (tertiary/aromatic N) is 1. The maximum atomic E-state index is 11.8. The van der Waals surface area contributed by atoms with Crippen LogP contribution < -0.4 is 9.44 Å². The minimum absolute atomic E-state index is 0.246. The molecule has 0 aliphatic heterocycles. The van der Waals surface area contributed by atoms with E-state index in [2.05, 4.69) is 15.5 Å². The number of rotatable bonds is 5. The Morgan fingerprint density at radius 3 is 2.35 bits per heavy atom. The molecular formula is C11H21N3O2S. The summed E-state index contributed by atoms with van der Waals surface area (Å²) in [4.78, 5) is 0.